The van der Waals surface area contributed by atoms with Crippen LogP contribution < -0.4 is 5.73 Å². The molecule has 3 aromatic rings. The van der Waals surface area contributed by atoms with Crippen LogP contribution in [0.2, 0.25) is 0 Å². The van der Waals surface area contributed by atoms with Gasteiger partial charge in [-0.25, -0.2) is 9.97 Å². The molecule has 0 saturated carbocycles. The molecule has 2 heterocycles. The summed E-state index contributed by atoms with van der Waals surface area (Å²) in [5.41, 5.74) is 9.24. The molecule has 0 spiro atoms. The minimum Gasteiger partial charge on any atom is -0.435 e. The summed E-state index contributed by atoms with van der Waals surface area (Å²) in [4.78, 5) is 8.85. The fourth-order valence-electron chi connectivity index (χ4n) is 1.81. The van der Waals surface area contributed by atoms with Crippen LogP contribution in [-0.2, 0) is 13.0 Å². The lowest BCUT2D eigenvalue weighted by Crippen LogP contribution is -1.94. The average Bonchev–Trinajstić information content (AvgIpc) is 3.03. The third kappa shape index (κ3) is 1.91. The SMILES string of the molecule is CCc1ccc2oc(-c3csc(CN)n3)nc2c1. The first-order valence-electron chi connectivity index (χ1n) is 5.84. The van der Waals surface area contributed by atoms with Gasteiger partial charge >= 0.3 is 0 Å². The lowest BCUT2D eigenvalue weighted by molar-refractivity contribution is 0.617. The second kappa shape index (κ2) is 4.51. The van der Waals surface area contributed by atoms with Crippen LogP contribution in [0.1, 0.15) is 17.5 Å². The molecule has 2 N–H and O–H groups in total. The zero-order valence-electron chi connectivity index (χ0n) is 10.0. The molecule has 0 saturated heterocycles. The van der Waals surface area contributed by atoms with Crippen LogP contribution >= 0.6 is 11.3 Å². The van der Waals surface area contributed by atoms with E-state index in [9.17, 15) is 0 Å². The molecule has 0 unspecified atom stereocenters. The van der Waals surface area contributed by atoms with Crippen LogP contribution in [0.5, 0.6) is 0 Å². The second-order valence-electron chi connectivity index (χ2n) is 4.01. The highest BCUT2D eigenvalue weighted by Crippen LogP contribution is 2.26. The van der Waals surface area contributed by atoms with E-state index in [1.54, 1.807) is 0 Å². The lowest BCUT2D eigenvalue weighted by Gasteiger charge is -1.92. The van der Waals surface area contributed by atoms with Crippen molar-refractivity contribution in [1.29, 1.82) is 0 Å². The Kier molecular flexibility index (Phi) is 2.85. The molecule has 3 rings (SSSR count). The molecule has 0 bridgehead atoms. The predicted molar refractivity (Wildman–Crippen MR) is 72.4 cm³/mol. The molecule has 18 heavy (non-hydrogen) atoms. The number of hydrogen-bond donors (Lipinski definition) is 1. The van der Waals surface area contributed by atoms with E-state index in [2.05, 4.69) is 29.0 Å². The van der Waals surface area contributed by atoms with Crippen molar-refractivity contribution in [3.63, 3.8) is 0 Å². The highest BCUT2D eigenvalue weighted by Gasteiger charge is 2.11. The molecule has 0 aliphatic heterocycles. The van der Waals surface area contributed by atoms with Crippen LogP contribution in [0.15, 0.2) is 28.0 Å². The zero-order chi connectivity index (χ0) is 12.5. The van der Waals surface area contributed by atoms with E-state index < -0.39 is 0 Å². The van der Waals surface area contributed by atoms with Crippen LogP contribution in [0, 0.1) is 0 Å². The number of thiazole rings is 1. The van der Waals surface area contributed by atoms with Crippen LogP contribution in [0.25, 0.3) is 22.7 Å². The van der Waals surface area contributed by atoms with Gasteiger partial charge in [-0.2, -0.15) is 0 Å². The molecular formula is C13H13N3OS. The van der Waals surface area contributed by atoms with E-state index in [0.29, 0.717) is 12.4 Å². The third-order valence-electron chi connectivity index (χ3n) is 2.81. The molecule has 0 atom stereocenters. The number of aromatic nitrogens is 2. The highest BCUT2D eigenvalue weighted by atomic mass is 32.1. The van der Waals surface area contributed by atoms with Crippen molar-refractivity contribution in [1.82, 2.24) is 9.97 Å². The summed E-state index contributed by atoms with van der Waals surface area (Å²) in [7, 11) is 0. The number of nitrogens with two attached hydrogens (primary N) is 1. The molecule has 0 fully saturated rings. The predicted octanol–water partition coefficient (Wildman–Crippen LogP) is 2.97. The van der Waals surface area contributed by atoms with Crippen molar-refractivity contribution in [2.24, 2.45) is 5.73 Å². The summed E-state index contributed by atoms with van der Waals surface area (Å²) >= 11 is 1.53. The Morgan fingerprint density at radius 2 is 2.22 bits per heavy atom. The van der Waals surface area contributed by atoms with Crippen molar-refractivity contribution in [3.05, 3.63) is 34.2 Å². The van der Waals surface area contributed by atoms with Crippen LogP contribution in [0.3, 0.4) is 0 Å². The smallest absolute Gasteiger partial charge is 0.247 e. The van der Waals surface area contributed by atoms with E-state index in [4.69, 9.17) is 10.2 Å². The monoisotopic (exact) mass is 259 g/mol. The zero-order valence-corrected chi connectivity index (χ0v) is 10.8. The fraction of sp³-hybridized carbons (Fsp3) is 0.231. The van der Waals surface area contributed by atoms with Gasteiger partial charge in [-0.3, -0.25) is 0 Å². The van der Waals surface area contributed by atoms with E-state index in [1.807, 2.05) is 11.4 Å². The number of hydrogen-bond acceptors (Lipinski definition) is 5. The van der Waals surface area contributed by atoms with E-state index in [1.165, 1.54) is 16.9 Å². The number of oxazole rings is 1. The maximum Gasteiger partial charge on any atom is 0.247 e. The summed E-state index contributed by atoms with van der Waals surface area (Å²) in [5.74, 6) is 0.564. The number of fused-ring (bicyclic) bond motifs is 1. The van der Waals surface area contributed by atoms with Crippen molar-refractivity contribution in [3.8, 4) is 11.6 Å². The van der Waals surface area contributed by atoms with Gasteiger partial charge in [-0.15, -0.1) is 11.3 Å². The molecular weight excluding hydrogens is 246 g/mol. The summed E-state index contributed by atoms with van der Waals surface area (Å²) in [6, 6.07) is 6.07. The van der Waals surface area contributed by atoms with Gasteiger partial charge in [0.05, 0.1) is 0 Å². The van der Waals surface area contributed by atoms with E-state index in [0.717, 1.165) is 28.2 Å². The number of nitrogens with zero attached hydrogens (tertiary/aromatic N) is 2. The topological polar surface area (TPSA) is 64.9 Å². The Balaban J connectivity index is 2.07. The van der Waals surface area contributed by atoms with Crippen molar-refractivity contribution in [2.75, 3.05) is 0 Å². The molecule has 0 radical (unpaired) electrons. The standard InChI is InChI=1S/C13H13N3OS/c1-2-8-3-4-11-9(5-8)16-13(17-11)10-7-18-12(6-14)15-10/h3-5,7H,2,6,14H2,1H3. The molecule has 2 aromatic heterocycles. The van der Waals surface area contributed by atoms with Crippen LogP contribution in [-0.4, -0.2) is 9.97 Å². The minimum atomic E-state index is 0.449. The van der Waals surface area contributed by atoms with Gasteiger partial charge in [0.15, 0.2) is 5.58 Å². The Morgan fingerprint density at radius 1 is 1.33 bits per heavy atom. The quantitative estimate of drug-likeness (QED) is 0.785. The summed E-state index contributed by atoms with van der Waals surface area (Å²) < 4.78 is 5.70. The van der Waals surface area contributed by atoms with E-state index >= 15 is 0 Å². The van der Waals surface area contributed by atoms with Crippen molar-refractivity contribution < 1.29 is 4.42 Å². The first-order valence-corrected chi connectivity index (χ1v) is 6.72. The van der Waals surface area contributed by atoms with Gasteiger partial charge in [-0.1, -0.05) is 13.0 Å². The first kappa shape index (κ1) is 11.4. The maximum atomic E-state index is 5.70. The molecule has 4 nitrogen and oxygen atoms in total. The number of benzene rings is 1. The molecule has 0 aliphatic rings. The molecule has 0 amide bonds. The van der Waals surface area contributed by atoms with Gasteiger partial charge in [0.2, 0.25) is 5.89 Å². The summed E-state index contributed by atoms with van der Waals surface area (Å²) in [6.45, 7) is 2.57. The van der Waals surface area contributed by atoms with Crippen molar-refractivity contribution >= 4 is 22.4 Å². The fourth-order valence-corrected chi connectivity index (χ4v) is 2.45. The van der Waals surface area contributed by atoms with Gasteiger partial charge in [0.1, 0.15) is 16.2 Å². The second-order valence-corrected chi connectivity index (χ2v) is 4.95. The summed E-state index contributed by atoms with van der Waals surface area (Å²) in [5, 5.41) is 2.81. The minimum absolute atomic E-state index is 0.449. The normalized spacial score (nSPS) is 11.2. The van der Waals surface area contributed by atoms with Gasteiger partial charge in [0, 0.05) is 11.9 Å². The van der Waals surface area contributed by atoms with Gasteiger partial charge in [-0.05, 0) is 24.1 Å². The maximum absolute atomic E-state index is 5.70. The first-order chi connectivity index (χ1) is 8.80. The van der Waals surface area contributed by atoms with Gasteiger partial charge < -0.3 is 10.2 Å². The molecule has 92 valence electrons. The van der Waals surface area contributed by atoms with Crippen LogP contribution in [0.4, 0.5) is 0 Å². The van der Waals surface area contributed by atoms with Crippen molar-refractivity contribution in [2.45, 2.75) is 19.9 Å². The highest BCUT2D eigenvalue weighted by molar-refractivity contribution is 7.09. The Labute approximate surface area is 108 Å². The van der Waals surface area contributed by atoms with Gasteiger partial charge in [0.25, 0.3) is 0 Å². The molecule has 5 heteroatoms. The average molecular weight is 259 g/mol. The third-order valence-corrected chi connectivity index (χ3v) is 3.68. The number of aryl methyl sites for hydroxylation is 1. The van der Waals surface area contributed by atoms with E-state index in [-0.39, 0.29) is 0 Å². The Hall–Kier alpha value is -1.72. The Bertz CT molecular complexity index is 686. The molecule has 0 aliphatic carbocycles. The lowest BCUT2D eigenvalue weighted by atomic mass is 10.1. The number of rotatable bonds is 3. The summed E-state index contributed by atoms with van der Waals surface area (Å²) in [6.07, 6.45) is 0.992. The largest absolute Gasteiger partial charge is 0.435 e. The Morgan fingerprint density at radius 3 is 2.94 bits per heavy atom. The molecule has 1 aromatic carbocycles.